The van der Waals surface area contributed by atoms with E-state index < -0.39 is 17.2 Å². The molecule has 3 fully saturated rings. The lowest BCUT2D eigenvalue weighted by atomic mass is 10.0. The lowest BCUT2D eigenvalue weighted by Crippen LogP contribution is -2.34. The number of nitrogens with zero attached hydrogens (tertiary/aromatic N) is 2. The summed E-state index contributed by atoms with van der Waals surface area (Å²) in [5.41, 5.74) is 5.82. The Bertz CT molecular complexity index is 1070. The summed E-state index contributed by atoms with van der Waals surface area (Å²) in [4.78, 5) is 26.2. The Morgan fingerprint density at radius 2 is 2.11 bits per heavy atom. The molecule has 1 atom stereocenters. The van der Waals surface area contributed by atoms with Crippen molar-refractivity contribution in [1.82, 2.24) is 9.88 Å². The summed E-state index contributed by atoms with van der Waals surface area (Å²) in [6.07, 6.45) is 5.42. The molecule has 0 amide bonds. The molecule has 148 valence electrons. The molecule has 28 heavy (non-hydrogen) atoms. The molecule has 2 saturated carbocycles. The Labute approximate surface area is 160 Å². The number of aromatic carboxylic acids is 1. The van der Waals surface area contributed by atoms with Crippen molar-refractivity contribution >= 4 is 28.2 Å². The molecule has 1 aromatic heterocycles. The van der Waals surface area contributed by atoms with Gasteiger partial charge in [-0.25, -0.2) is 9.18 Å². The number of carboxylic acids is 1. The molecule has 1 saturated heterocycles. The second-order valence-electron chi connectivity index (χ2n) is 8.42. The number of hydrogen-bond acceptors (Lipinski definition) is 5. The van der Waals surface area contributed by atoms with Gasteiger partial charge in [0, 0.05) is 36.8 Å². The maximum Gasteiger partial charge on any atom is 0.341 e. The van der Waals surface area contributed by atoms with Crippen molar-refractivity contribution in [2.45, 2.75) is 37.8 Å². The van der Waals surface area contributed by atoms with Crippen LogP contribution in [0, 0.1) is 11.2 Å². The van der Waals surface area contributed by atoms with Gasteiger partial charge in [0.15, 0.2) is 5.82 Å². The first-order valence-electron chi connectivity index (χ1n) is 9.68. The van der Waals surface area contributed by atoms with Gasteiger partial charge in [-0.05, 0) is 38.8 Å². The van der Waals surface area contributed by atoms with Crippen molar-refractivity contribution in [2.75, 3.05) is 30.8 Å². The van der Waals surface area contributed by atoms with Gasteiger partial charge in [-0.3, -0.25) is 4.79 Å². The van der Waals surface area contributed by atoms with Crippen molar-refractivity contribution < 1.29 is 14.3 Å². The number of nitrogens with two attached hydrogens (primary N) is 1. The molecule has 1 spiro atoms. The number of carbonyl (C=O) groups is 1. The second-order valence-corrected chi connectivity index (χ2v) is 8.42. The summed E-state index contributed by atoms with van der Waals surface area (Å²) in [6, 6.07) is 2.10. The fourth-order valence-electron chi connectivity index (χ4n) is 4.75. The van der Waals surface area contributed by atoms with E-state index in [0.717, 1.165) is 32.2 Å². The van der Waals surface area contributed by atoms with E-state index in [2.05, 4.69) is 5.32 Å². The largest absolute Gasteiger partial charge is 0.477 e. The van der Waals surface area contributed by atoms with Gasteiger partial charge in [-0.15, -0.1) is 0 Å². The fourth-order valence-corrected chi connectivity index (χ4v) is 4.75. The topological polar surface area (TPSA) is 101 Å². The highest BCUT2D eigenvalue weighted by molar-refractivity contribution is 5.99. The lowest BCUT2D eigenvalue weighted by Gasteiger charge is -2.22. The zero-order valence-corrected chi connectivity index (χ0v) is 15.7. The number of fused-ring (bicyclic) bond motifs is 1. The summed E-state index contributed by atoms with van der Waals surface area (Å²) in [6.45, 7) is 1.43. The van der Waals surface area contributed by atoms with Crippen molar-refractivity contribution in [1.29, 1.82) is 0 Å². The second kappa shape index (κ2) is 5.70. The molecule has 0 bridgehead atoms. The van der Waals surface area contributed by atoms with E-state index in [0.29, 0.717) is 23.8 Å². The molecule has 2 aliphatic carbocycles. The predicted octanol–water partition coefficient (Wildman–Crippen LogP) is 1.94. The molecule has 1 aliphatic heterocycles. The number of carboxylic acid groups (broad SMARTS) is 1. The minimum Gasteiger partial charge on any atom is -0.477 e. The number of nitrogens with one attached hydrogen (secondary N) is 1. The van der Waals surface area contributed by atoms with Crippen LogP contribution in [-0.4, -0.2) is 41.8 Å². The van der Waals surface area contributed by atoms with Crippen LogP contribution < -0.4 is 21.4 Å². The van der Waals surface area contributed by atoms with Crippen LogP contribution in [0.15, 0.2) is 17.1 Å². The van der Waals surface area contributed by atoms with Crippen LogP contribution in [0.1, 0.15) is 42.1 Å². The average molecular weight is 386 g/mol. The van der Waals surface area contributed by atoms with Crippen molar-refractivity contribution in [3.8, 4) is 0 Å². The third-order valence-corrected chi connectivity index (χ3v) is 6.68. The van der Waals surface area contributed by atoms with Gasteiger partial charge >= 0.3 is 5.97 Å². The first-order valence-corrected chi connectivity index (χ1v) is 9.68. The van der Waals surface area contributed by atoms with Crippen LogP contribution in [0.2, 0.25) is 0 Å². The maximum atomic E-state index is 15.3. The van der Waals surface area contributed by atoms with E-state index in [1.54, 1.807) is 10.6 Å². The normalized spacial score (nSPS) is 22.9. The number of halogens is 1. The number of rotatable bonds is 4. The minimum atomic E-state index is -1.32. The van der Waals surface area contributed by atoms with Gasteiger partial charge in [-0.1, -0.05) is 0 Å². The summed E-state index contributed by atoms with van der Waals surface area (Å²) < 4.78 is 17.1. The third kappa shape index (κ3) is 2.37. The number of benzene rings is 1. The Morgan fingerprint density at radius 1 is 1.39 bits per heavy atom. The maximum absolute atomic E-state index is 15.3. The highest BCUT2D eigenvalue weighted by atomic mass is 19.1. The molecule has 2 heterocycles. The van der Waals surface area contributed by atoms with Crippen LogP contribution in [0.4, 0.5) is 15.8 Å². The zero-order chi connectivity index (χ0) is 19.8. The van der Waals surface area contributed by atoms with Gasteiger partial charge in [-0.2, -0.15) is 0 Å². The predicted molar refractivity (Wildman–Crippen MR) is 105 cm³/mol. The van der Waals surface area contributed by atoms with E-state index in [9.17, 15) is 14.7 Å². The van der Waals surface area contributed by atoms with Crippen molar-refractivity contribution in [3.05, 3.63) is 33.9 Å². The summed E-state index contributed by atoms with van der Waals surface area (Å²) in [7, 11) is 1.93. The number of hydrogen-bond donors (Lipinski definition) is 3. The van der Waals surface area contributed by atoms with E-state index in [4.69, 9.17) is 5.73 Å². The van der Waals surface area contributed by atoms with Crippen LogP contribution in [-0.2, 0) is 0 Å². The van der Waals surface area contributed by atoms with Crippen LogP contribution >= 0.6 is 0 Å². The van der Waals surface area contributed by atoms with E-state index in [-0.39, 0.29) is 28.1 Å². The molecule has 5 rings (SSSR count). The highest BCUT2D eigenvalue weighted by Gasteiger charge is 2.54. The first-order chi connectivity index (χ1) is 13.4. The Kier molecular flexibility index (Phi) is 3.56. The SMILES string of the molecule is CN[C@H]1CN(c2cc3c(c(N)c2F)c(=O)c(C(=O)O)cn3C2CC2)CC12CC2. The molecular formula is C20H23FN4O3. The van der Waals surface area contributed by atoms with Gasteiger partial charge < -0.3 is 25.6 Å². The smallest absolute Gasteiger partial charge is 0.341 e. The van der Waals surface area contributed by atoms with Gasteiger partial charge in [0.2, 0.25) is 5.43 Å². The monoisotopic (exact) mass is 386 g/mol. The molecule has 7 nitrogen and oxygen atoms in total. The molecule has 0 radical (unpaired) electrons. The number of anilines is 2. The molecule has 3 aliphatic rings. The Hall–Kier alpha value is -2.61. The summed E-state index contributed by atoms with van der Waals surface area (Å²) >= 11 is 0. The van der Waals surface area contributed by atoms with Gasteiger partial charge in [0.1, 0.15) is 5.56 Å². The van der Waals surface area contributed by atoms with Crippen molar-refractivity contribution in [2.24, 2.45) is 5.41 Å². The summed E-state index contributed by atoms with van der Waals surface area (Å²) in [5.74, 6) is -1.96. The zero-order valence-electron chi connectivity index (χ0n) is 15.7. The van der Waals surface area contributed by atoms with Crippen molar-refractivity contribution in [3.63, 3.8) is 0 Å². The number of nitrogen functional groups attached to an aromatic ring is 1. The number of aromatic nitrogens is 1. The Balaban J connectivity index is 1.72. The van der Waals surface area contributed by atoms with Crippen LogP contribution in [0.5, 0.6) is 0 Å². The summed E-state index contributed by atoms with van der Waals surface area (Å²) in [5, 5.41) is 12.7. The van der Waals surface area contributed by atoms with Crippen LogP contribution in [0.3, 0.4) is 0 Å². The number of pyridine rings is 1. The molecule has 2 aromatic rings. The molecule has 4 N–H and O–H groups in total. The van der Waals surface area contributed by atoms with Gasteiger partial charge in [0.05, 0.1) is 22.3 Å². The van der Waals surface area contributed by atoms with E-state index in [1.165, 1.54) is 6.20 Å². The average Bonchev–Trinajstić information content (AvgIpc) is 3.56. The van der Waals surface area contributed by atoms with Crippen LogP contribution in [0.25, 0.3) is 10.9 Å². The standard InChI is InChI=1S/C20H23FN4O3/c1-23-14-8-24(9-20(14)4-5-20)13-6-12-15(17(22)16(13)21)18(26)11(19(27)28)7-25(12)10-2-3-10/h6-7,10,14,23H,2-5,8-9,22H2,1H3,(H,27,28)/t14-/m0/s1. The first kappa shape index (κ1) is 17.5. The lowest BCUT2D eigenvalue weighted by molar-refractivity contribution is 0.0695. The molecule has 1 aromatic carbocycles. The molecule has 0 unspecified atom stereocenters. The fraction of sp³-hybridized carbons (Fsp3) is 0.500. The number of likely N-dealkylation sites (N-methyl/N-ethyl adjacent to an activating group) is 1. The molecular weight excluding hydrogens is 363 g/mol. The minimum absolute atomic E-state index is 0.0291. The molecule has 8 heteroatoms. The van der Waals surface area contributed by atoms with E-state index in [1.807, 2.05) is 11.9 Å². The highest BCUT2D eigenvalue weighted by Crippen LogP contribution is 2.54. The Morgan fingerprint density at radius 3 is 2.64 bits per heavy atom. The quantitative estimate of drug-likeness (QED) is 0.695. The van der Waals surface area contributed by atoms with E-state index >= 15 is 4.39 Å². The van der Waals surface area contributed by atoms with Gasteiger partial charge in [0.25, 0.3) is 0 Å². The third-order valence-electron chi connectivity index (χ3n) is 6.68.